The standard InChI is InChI=1S/C20H31N7O/c1-4-21-20(23-16-8-11-27(12-9-16)14-15(2)3)22-10-7-18-24-19(26-25-18)17-6-5-13-28-17/h5-6,13,16H,2,4,7-12,14H2,1,3H3,(H2,21,22,23)(H,24,25,26). The summed E-state index contributed by atoms with van der Waals surface area (Å²) in [6.07, 6.45) is 4.55. The molecule has 0 saturated carbocycles. The number of aromatic amines is 1. The Morgan fingerprint density at radius 1 is 1.43 bits per heavy atom. The molecule has 28 heavy (non-hydrogen) atoms. The van der Waals surface area contributed by atoms with E-state index < -0.39 is 0 Å². The number of guanidine groups is 1. The lowest BCUT2D eigenvalue weighted by Crippen LogP contribution is -2.49. The summed E-state index contributed by atoms with van der Waals surface area (Å²) < 4.78 is 5.32. The van der Waals surface area contributed by atoms with Crippen molar-refractivity contribution in [3.05, 3.63) is 36.4 Å². The third-order valence-corrected chi connectivity index (χ3v) is 4.66. The van der Waals surface area contributed by atoms with Gasteiger partial charge in [0.15, 0.2) is 11.7 Å². The monoisotopic (exact) mass is 385 g/mol. The second kappa shape index (κ2) is 10.1. The Morgan fingerprint density at radius 2 is 2.25 bits per heavy atom. The number of aromatic nitrogens is 3. The molecule has 0 unspecified atom stereocenters. The van der Waals surface area contributed by atoms with Gasteiger partial charge in [0.1, 0.15) is 5.82 Å². The first kappa shape index (κ1) is 20.1. The van der Waals surface area contributed by atoms with Crippen LogP contribution in [-0.2, 0) is 6.42 Å². The minimum Gasteiger partial charge on any atom is -0.461 e. The first-order valence-corrected chi connectivity index (χ1v) is 10.0. The number of piperidine rings is 1. The minimum absolute atomic E-state index is 0.454. The van der Waals surface area contributed by atoms with Crippen molar-refractivity contribution >= 4 is 5.96 Å². The maximum atomic E-state index is 5.32. The maximum Gasteiger partial charge on any atom is 0.216 e. The molecule has 1 saturated heterocycles. The zero-order valence-corrected chi connectivity index (χ0v) is 16.9. The molecule has 152 valence electrons. The molecule has 0 bridgehead atoms. The van der Waals surface area contributed by atoms with Crippen LogP contribution in [0.3, 0.4) is 0 Å². The lowest BCUT2D eigenvalue weighted by molar-refractivity contribution is 0.221. The predicted octanol–water partition coefficient (Wildman–Crippen LogP) is 2.20. The number of hydrogen-bond donors (Lipinski definition) is 3. The number of nitrogens with zero attached hydrogens (tertiary/aromatic N) is 4. The Kier molecular flexibility index (Phi) is 7.25. The van der Waals surface area contributed by atoms with Gasteiger partial charge in [0.05, 0.1) is 6.26 Å². The van der Waals surface area contributed by atoms with Crippen LogP contribution in [0.5, 0.6) is 0 Å². The van der Waals surface area contributed by atoms with Gasteiger partial charge in [0.2, 0.25) is 5.82 Å². The molecule has 1 aliphatic heterocycles. The summed E-state index contributed by atoms with van der Waals surface area (Å²) in [6.45, 7) is 12.8. The molecule has 8 heteroatoms. The normalized spacial score (nSPS) is 16.3. The molecule has 3 N–H and O–H groups in total. The van der Waals surface area contributed by atoms with E-state index in [0.29, 0.717) is 30.6 Å². The van der Waals surface area contributed by atoms with Crippen molar-refractivity contribution in [2.45, 2.75) is 39.2 Å². The Labute approximate surface area is 166 Å². The zero-order valence-electron chi connectivity index (χ0n) is 16.9. The number of furan rings is 1. The van der Waals surface area contributed by atoms with Gasteiger partial charge in [-0.25, -0.2) is 4.98 Å². The second-order valence-corrected chi connectivity index (χ2v) is 7.25. The quantitative estimate of drug-likeness (QED) is 0.366. The molecule has 8 nitrogen and oxygen atoms in total. The summed E-state index contributed by atoms with van der Waals surface area (Å²) in [5.41, 5.74) is 1.23. The first-order chi connectivity index (χ1) is 13.6. The molecule has 3 heterocycles. The average molecular weight is 386 g/mol. The van der Waals surface area contributed by atoms with Gasteiger partial charge in [-0.05, 0) is 38.8 Å². The third-order valence-electron chi connectivity index (χ3n) is 4.66. The third kappa shape index (κ3) is 5.95. The van der Waals surface area contributed by atoms with E-state index in [1.54, 1.807) is 6.26 Å². The number of nitrogens with one attached hydrogen (secondary N) is 3. The summed E-state index contributed by atoms with van der Waals surface area (Å²) in [5.74, 6) is 2.92. The number of likely N-dealkylation sites (tertiary alicyclic amines) is 1. The molecule has 0 spiro atoms. The minimum atomic E-state index is 0.454. The maximum absolute atomic E-state index is 5.32. The van der Waals surface area contributed by atoms with Crippen molar-refractivity contribution in [2.24, 2.45) is 4.99 Å². The highest BCUT2D eigenvalue weighted by atomic mass is 16.3. The van der Waals surface area contributed by atoms with Gasteiger partial charge < -0.3 is 15.1 Å². The van der Waals surface area contributed by atoms with Crippen molar-refractivity contribution < 1.29 is 4.42 Å². The molecule has 1 fully saturated rings. The highest BCUT2D eigenvalue weighted by molar-refractivity contribution is 5.80. The van der Waals surface area contributed by atoms with E-state index in [1.807, 2.05) is 12.1 Å². The fraction of sp³-hybridized carbons (Fsp3) is 0.550. The molecular formula is C20H31N7O. The van der Waals surface area contributed by atoms with Gasteiger partial charge in [-0.2, -0.15) is 5.10 Å². The molecule has 0 atom stereocenters. The predicted molar refractivity (Wildman–Crippen MR) is 111 cm³/mol. The molecular weight excluding hydrogens is 354 g/mol. The number of H-pyrrole nitrogens is 1. The van der Waals surface area contributed by atoms with Gasteiger partial charge >= 0.3 is 0 Å². The Bertz CT molecular complexity index is 757. The molecule has 1 aliphatic rings. The summed E-state index contributed by atoms with van der Waals surface area (Å²) in [4.78, 5) is 11.6. The molecule has 0 radical (unpaired) electrons. The SMILES string of the molecule is C=C(C)CN1CCC(NC(=NCCc2nc(-c3ccco3)n[nH]2)NCC)CC1. The van der Waals surface area contributed by atoms with Crippen LogP contribution in [0, 0.1) is 0 Å². The highest BCUT2D eigenvalue weighted by Gasteiger charge is 2.19. The topological polar surface area (TPSA) is 94.4 Å². The first-order valence-electron chi connectivity index (χ1n) is 10.0. The summed E-state index contributed by atoms with van der Waals surface area (Å²) in [5, 5.41) is 14.1. The summed E-state index contributed by atoms with van der Waals surface area (Å²) >= 11 is 0. The number of rotatable bonds is 8. The average Bonchev–Trinajstić information content (AvgIpc) is 3.34. The smallest absolute Gasteiger partial charge is 0.216 e. The zero-order chi connectivity index (χ0) is 19.8. The van der Waals surface area contributed by atoms with E-state index in [4.69, 9.17) is 9.41 Å². The van der Waals surface area contributed by atoms with Crippen LogP contribution in [0.15, 0.2) is 40.0 Å². The van der Waals surface area contributed by atoms with E-state index in [-0.39, 0.29) is 0 Å². The second-order valence-electron chi connectivity index (χ2n) is 7.25. The lowest BCUT2D eigenvalue weighted by Gasteiger charge is -2.33. The van der Waals surface area contributed by atoms with Gasteiger partial charge in [0.25, 0.3) is 0 Å². The fourth-order valence-electron chi connectivity index (χ4n) is 3.33. The van der Waals surface area contributed by atoms with Crippen molar-refractivity contribution in [3.8, 4) is 11.6 Å². The van der Waals surface area contributed by atoms with Gasteiger partial charge in [-0.3, -0.25) is 15.0 Å². The number of hydrogen-bond acceptors (Lipinski definition) is 5. The van der Waals surface area contributed by atoms with Crippen LogP contribution in [0.2, 0.25) is 0 Å². The Hall–Kier alpha value is -2.61. The molecule has 2 aromatic rings. The lowest BCUT2D eigenvalue weighted by atomic mass is 10.0. The van der Waals surface area contributed by atoms with Crippen LogP contribution in [0.1, 0.15) is 32.5 Å². The molecule has 0 aliphatic carbocycles. The van der Waals surface area contributed by atoms with E-state index in [9.17, 15) is 0 Å². The molecule has 3 rings (SSSR count). The van der Waals surface area contributed by atoms with Crippen LogP contribution in [-0.4, -0.2) is 64.8 Å². The van der Waals surface area contributed by atoms with Crippen LogP contribution >= 0.6 is 0 Å². The van der Waals surface area contributed by atoms with Gasteiger partial charge in [0, 0.05) is 45.2 Å². The van der Waals surface area contributed by atoms with E-state index in [1.165, 1.54) is 5.57 Å². The number of aliphatic imine (C=N–C) groups is 1. The highest BCUT2D eigenvalue weighted by Crippen LogP contribution is 2.14. The molecule has 0 aromatic carbocycles. The van der Waals surface area contributed by atoms with Crippen molar-refractivity contribution in [3.63, 3.8) is 0 Å². The fourth-order valence-corrected chi connectivity index (χ4v) is 3.33. The van der Waals surface area contributed by atoms with Crippen molar-refractivity contribution in [1.82, 2.24) is 30.7 Å². The van der Waals surface area contributed by atoms with E-state index in [0.717, 1.165) is 50.8 Å². The largest absolute Gasteiger partial charge is 0.461 e. The van der Waals surface area contributed by atoms with Gasteiger partial charge in [-0.15, -0.1) is 0 Å². The molecule has 2 aromatic heterocycles. The van der Waals surface area contributed by atoms with Crippen molar-refractivity contribution in [1.29, 1.82) is 0 Å². The summed E-state index contributed by atoms with van der Waals surface area (Å²) in [6, 6.07) is 4.13. The van der Waals surface area contributed by atoms with Crippen molar-refractivity contribution in [2.75, 3.05) is 32.7 Å². The van der Waals surface area contributed by atoms with E-state index in [2.05, 4.69) is 51.1 Å². The Balaban J connectivity index is 1.47. The van der Waals surface area contributed by atoms with E-state index >= 15 is 0 Å². The van der Waals surface area contributed by atoms with Crippen LogP contribution < -0.4 is 10.6 Å². The van der Waals surface area contributed by atoms with Crippen LogP contribution in [0.4, 0.5) is 0 Å². The van der Waals surface area contributed by atoms with Crippen LogP contribution in [0.25, 0.3) is 11.6 Å². The van der Waals surface area contributed by atoms with Gasteiger partial charge in [-0.1, -0.05) is 12.2 Å². The Morgan fingerprint density at radius 3 is 2.93 bits per heavy atom. The molecule has 0 amide bonds. The summed E-state index contributed by atoms with van der Waals surface area (Å²) in [7, 11) is 0.